The summed E-state index contributed by atoms with van der Waals surface area (Å²) >= 11 is 0. The number of hydrogen-bond donors (Lipinski definition) is 1. The second kappa shape index (κ2) is 6.10. The van der Waals surface area contributed by atoms with Gasteiger partial charge in [-0.1, -0.05) is 18.2 Å². The molecule has 0 atom stereocenters. The van der Waals surface area contributed by atoms with Gasteiger partial charge in [0.05, 0.1) is 0 Å². The zero-order valence-electron chi connectivity index (χ0n) is 13.1. The predicted molar refractivity (Wildman–Crippen MR) is 87.5 cm³/mol. The molecule has 114 valence electrons. The Labute approximate surface area is 128 Å². The number of hydrogen-bond acceptors (Lipinski definition) is 2. The summed E-state index contributed by atoms with van der Waals surface area (Å²) in [5.74, 6) is 0.918. The Kier molecular flexibility index (Phi) is 4.00. The molecule has 1 saturated heterocycles. The minimum absolute atomic E-state index is 0.870. The van der Waals surface area contributed by atoms with Crippen molar-refractivity contribution in [1.29, 1.82) is 0 Å². The summed E-state index contributed by atoms with van der Waals surface area (Å²) in [4.78, 5) is 2.66. The van der Waals surface area contributed by atoms with Crippen LogP contribution in [-0.2, 0) is 19.4 Å². The van der Waals surface area contributed by atoms with Gasteiger partial charge in [-0.3, -0.25) is 4.90 Å². The van der Waals surface area contributed by atoms with E-state index in [1.54, 1.807) is 11.1 Å². The normalized spacial score (nSPS) is 23.4. The number of fused-ring (bicyclic) bond motifs is 1. The molecule has 0 aromatic heterocycles. The largest absolute Gasteiger partial charge is 0.314 e. The summed E-state index contributed by atoms with van der Waals surface area (Å²) in [6, 6.07) is 8.09. The van der Waals surface area contributed by atoms with Crippen LogP contribution in [0, 0.1) is 5.92 Å². The minimum Gasteiger partial charge on any atom is -0.314 e. The van der Waals surface area contributed by atoms with Crippen LogP contribution in [0.5, 0.6) is 0 Å². The van der Waals surface area contributed by atoms with Crippen molar-refractivity contribution >= 4 is 0 Å². The Balaban J connectivity index is 1.26. The number of nitrogens with one attached hydrogen (secondary N) is 1. The zero-order valence-corrected chi connectivity index (χ0v) is 13.1. The Morgan fingerprint density at radius 1 is 1.00 bits per heavy atom. The van der Waals surface area contributed by atoms with Crippen molar-refractivity contribution in [2.45, 2.75) is 57.5 Å². The lowest BCUT2D eigenvalue weighted by molar-refractivity contribution is 0.175. The molecule has 1 N–H and O–H groups in total. The third-order valence-electron chi connectivity index (χ3n) is 5.55. The van der Waals surface area contributed by atoms with Gasteiger partial charge in [-0.25, -0.2) is 0 Å². The Morgan fingerprint density at radius 3 is 2.62 bits per heavy atom. The van der Waals surface area contributed by atoms with Crippen molar-refractivity contribution in [2.75, 3.05) is 19.6 Å². The van der Waals surface area contributed by atoms with E-state index in [9.17, 15) is 0 Å². The van der Waals surface area contributed by atoms with Crippen molar-refractivity contribution in [2.24, 2.45) is 5.92 Å². The average molecular weight is 284 g/mol. The SMILES string of the molecule is c1cc2c(cc1CN1CCC(CNC3CC3)CC1)CCC2. The number of aryl methyl sites for hydroxylation is 2. The maximum atomic E-state index is 3.70. The first-order valence-electron chi connectivity index (χ1n) is 8.93. The molecular formula is C19H28N2. The van der Waals surface area contributed by atoms with Gasteiger partial charge in [-0.2, -0.15) is 0 Å². The minimum atomic E-state index is 0.870. The van der Waals surface area contributed by atoms with E-state index in [0.29, 0.717) is 0 Å². The first-order chi connectivity index (χ1) is 10.4. The van der Waals surface area contributed by atoms with Gasteiger partial charge in [0.25, 0.3) is 0 Å². The van der Waals surface area contributed by atoms with Gasteiger partial charge in [0.15, 0.2) is 0 Å². The summed E-state index contributed by atoms with van der Waals surface area (Å²) in [6.45, 7) is 5.00. The molecule has 0 amide bonds. The highest BCUT2D eigenvalue weighted by Crippen LogP contribution is 2.25. The second-order valence-corrected chi connectivity index (χ2v) is 7.36. The number of piperidine rings is 1. The third kappa shape index (κ3) is 3.49. The van der Waals surface area contributed by atoms with Crippen LogP contribution < -0.4 is 5.32 Å². The van der Waals surface area contributed by atoms with Gasteiger partial charge in [0.1, 0.15) is 0 Å². The fourth-order valence-corrected chi connectivity index (χ4v) is 3.95. The maximum Gasteiger partial charge on any atom is 0.0233 e. The zero-order chi connectivity index (χ0) is 14.1. The van der Waals surface area contributed by atoms with Gasteiger partial charge in [-0.05, 0) is 87.2 Å². The topological polar surface area (TPSA) is 15.3 Å². The molecule has 2 fully saturated rings. The highest BCUT2D eigenvalue weighted by Gasteiger charge is 2.24. The first kappa shape index (κ1) is 13.8. The Bertz CT molecular complexity index is 484. The summed E-state index contributed by atoms with van der Waals surface area (Å²) in [5.41, 5.74) is 4.75. The molecule has 0 unspecified atom stereocenters. The van der Waals surface area contributed by atoms with Crippen LogP contribution in [0.3, 0.4) is 0 Å². The van der Waals surface area contributed by atoms with E-state index in [1.807, 2.05) is 0 Å². The molecule has 1 saturated carbocycles. The number of rotatable bonds is 5. The number of likely N-dealkylation sites (tertiary alicyclic amines) is 1. The number of benzene rings is 1. The summed E-state index contributed by atoms with van der Waals surface area (Å²) in [5, 5.41) is 3.70. The molecule has 2 nitrogen and oxygen atoms in total. The summed E-state index contributed by atoms with van der Waals surface area (Å²) in [6.07, 6.45) is 9.55. The molecule has 2 aliphatic carbocycles. The van der Waals surface area contributed by atoms with E-state index in [0.717, 1.165) is 18.5 Å². The van der Waals surface area contributed by atoms with Gasteiger partial charge in [0, 0.05) is 12.6 Å². The van der Waals surface area contributed by atoms with Crippen LogP contribution in [0.4, 0.5) is 0 Å². The van der Waals surface area contributed by atoms with E-state index < -0.39 is 0 Å². The monoisotopic (exact) mass is 284 g/mol. The maximum absolute atomic E-state index is 3.70. The second-order valence-electron chi connectivity index (χ2n) is 7.36. The van der Waals surface area contributed by atoms with Crippen LogP contribution in [0.2, 0.25) is 0 Å². The fourth-order valence-electron chi connectivity index (χ4n) is 3.95. The highest BCUT2D eigenvalue weighted by atomic mass is 15.1. The molecule has 2 heteroatoms. The Hall–Kier alpha value is -0.860. The fraction of sp³-hybridized carbons (Fsp3) is 0.684. The molecule has 1 aliphatic heterocycles. The Morgan fingerprint density at radius 2 is 1.81 bits per heavy atom. The van der Waals surface area contributed by atoms with Crippen LogP contribution in [0.1, 0.15) is 48.8 Å². The van der Waals surface area contributed by atoms with Crippen LogP contribution in [0.25, 0.3) is 0 Å². The van der Waals surface area contributed by atoms with Gasteiger partial charge in [0.2, 0.25) is 0 Å². The quantitative estimate of drug-likeness (QED) is 0.893. The van der Waals surface area contributed by atoms with Crippen LogP contribution in [0.15, 0.2) is 18.2 Å². The third-order valence-corrected chi connectivity index (χ3v) is 5.55. The van der Waals surface area contributed by atoms with Gasteiger partial charge < -0.3 is 5.32 Å². The van der Waals surface area contributed by atoms with Gasteiger partial charge in [-0.15, -0.1) is 0 Å². The molecule has 1 heterocycles. The van der Waals surface area contributed by atoms with Crippen molar-refractivity contribution < 1.29 is 0 Å². The average Bonchev–Trinajstić information content (AvgIpc) is 3.23. The number of nitrogens with zero attached hydrogens (tertiary/aromatic N) is 1. The lowest BCUT2D eigenvalue weighted by Crippen LogP contribution is -2.37. The standard InChI is InChI=1S/C19H28N2/c1-2-17-5-4-16(12-18(17)3-1)14-21-10-8-15(9-11-21)13-20-19-6-7-19/h4-5,12,15,19-20H,1-3,6-11,13-14H2. The predicted octanol–water partition coefficient (Wildman–Crippen LogP) is 3.14. The van der Waals surface area contributed by atoms with Crippen molar-refractivity contribution in [3.63, 3.8) is 0 Å². The van der Waals surface area contributed by atoms with Crippen LogP contribution in [-0.4, -0.2) is 30.6 Å². The van der Waals surface area contributed by atoms with Crippen LogP contribution >= 0.6 is 0 Å². The summed E-state index contributed by atoms with van der Waals surface area (Å²) < 4.78 is 0. The highest BCUT2D eigenvalue weighted by molar-refractivity contribution is 5.35. The van der Waals surface area contributed by atoms with Crippen molar-refractivity contribution in [3.05, 3.63) is 34.9 Å². The van der Waals surface area contributed by atoms with E-state index in [1.165, 1.54) is 70.1 Å². The molecule has 3 aliphatic rings. The molecule has 0 spiro atoms. The molecule has 21 heavy (non-hydrogen) atoms. The molecule has 0 radical (unpaired) electrons. The molecular weight excluding hydrogens is 256 g/mol. The van der Waals surface area contributed by atoms with E-state index in [-0.39, 0.29) is 0 Å². The first-order valence-corrected chi connectivity index (χ1v) is 8.93. The van der Waals surface area contributed by atoms with Crippen molar-refractivity contribution in [1.82, 2.24) is 10.2 Å². The molecule has 0 bridgehead atoms. The van der Waals surface area contributed by atoms with E-state index in [2.05, 4.69) is 28.4 Å². The smallest absolute Gasteiger partial charge is 0.0233 e. The van der Waals surface area contributed by atoms with E-state index >= 15 is 0 Å². The summed E-state index contributed by atoms with van der Waals surface area (Å²) in [7, 11) is 0. The molecule has 1 aromatic rings. The van der Waals surface area contributed by atoms with Gasteiger partial charge >= 0.3 is 0 Å². The lowest BCUT2D eigenvalue weighted by atomic mass is 9.96. The molecule has 1 aromatic carbocycles. The van der Waals surface area contributed by atoms with E-state index in [4.69, 9.17) is 0 Å². The lowest BCUT2D eigenvalue weighted by Gasteiger charge is -2.32. The van der Waals surface area contributed by atoms with Crippen molar-refractivity contribution in [3.8, 4) is 0 Å². The molecule has 4 rings (SSSR count).